The molecule has 2 unspecified atom stereocenters. The lowest BCUT2D eigenvalue weighted by atomic mass is 10.0. The number of fused-ring (bicyclic) bond motifs is 2. The number of carbonyl (C=O) groups excluding carboxylic acids is 2. The summed E-state index contributed by atoms with van der Waals surface area (Å²) in [5.41, 5.74) is 3.74. The van der Waals surface area contributed by atoms with Gasteiger partial charge in [0, 0.05) is 36.8 Å². The normalized spacial score (nSPS) is 17.7. The SMILES string of the molecule is CCCCN(CC1=C(C(=O)O)N2C(=O)C(NC(=O)/C(=N\OC(C)(C)C(=O)O)c3csc(N)n3)C2SC1)Cc1nn(CC)c2cc(O)c(O)cc2c1=O. The molecule has 0 bridgehead atoms. The molecule has 2 amide bonds. The average molecular weight is 759 g/mol. The van der Waals surface area contributed by atoms with Gasteiger partial charge in [0.15, 0.2) is 22.3 Å². The number of thiazole rings is 1. The number of unbranched alkanes of at least 4 members (excludes halogenated alkanes) is 1. The number of aryl methyl sites for hydroxylation is 1. The minimum atomic E-state index is -1.80. The number of hydrogen-bond donors (Lipinski definition) is 6. The van der Waals surface area contributed by atoms with Gasteiger partial charge in [-0.05, 0) is 45.4 Å². The lowest BCUT2D eigenvalue weighted by Gasteiger charge is -2.49. The number of nitrogens with one attached hydrogen (secondary N) is 1. The van der Waals surface area contributed by atoms with Gasteiger partial charge in [-0.3, -0.25) is 28.9 Å². The number of oxime groups is 1. The molecule has 0 saturated carbocycles. The minimum Gasteiger partial charge on any atom is -0.504 e. The lowest BCUT2D eigenvalue weighted by Crippen LogP contribution is -2.71. The molecule has 5 rings (SSSR count). The van der Waals surface area contributed by atoms with E-state index in [1.807, 2.05) is 18.7 Å². The Labute approximate surface area is 304 Å². The minimum absolute atomic E-state index is 0.0109. The average Bonchev–Trinajstić information content (AvgIpc) is 3.53. The predicted molar refractivity (Wildman–Crippen MR) is 191 cm³/mol. The fraction of sp³-hybridized carbons (Fsp3) is 0.438. The number of carboxylic acid groups (broad SMARTS) is 2. The molecule has 0 spiro atoms. The van der Waals surface area contributed by atoms with Crippen LogP contribution in [0.15, 0.2) is 38.7 Å². The number of carboxylic acids is 2. The van der Waals surface area contributed by atoms with Gasteiger partial charge in [0.2, 0.25) is 11.0 Å². The van der Waals surface area contributed by atoms with Gasteiger partial charge in [-0.1, -0.05) is 18.5 Å². The van der Waals surface area contributed by atoms with Crippen LogP contribution in [0.5, 0.6) is 11.5 Å². The second-order valence-electron chi connectivity index (χ2n) is 12.5. The van der Waals surface area contributed by atoms with Crippen LogP contribution < -0.4 is 16.5 Å². The van der Waals surface area contributed by atoms with Crippen molar-refractivity contribution in [2.75, 3.05) is 24.6 Å². The number of aromatic nitrogens is 3. The fourth-order valence-electron chi connectivity index (χ4n) is 5.60. The van der Waals surface area contributed by atoms with Gasteiger partial charge in [0.1, 0.15) is 28.5 Å². The van der Waals surface area contributed by atoms with Crippen LogP contribution in [-0.2, 0) is 37.1 Å². The molecule has 2 atom stereocenters. The number of nitrogens with two attached hydrogens (primary N) is 1. The van der Waals surface area contributed by atoms with Crippen LogP contribution in [0.1, 0.15) is 51.9 Å². The van der Waals surface area contributed by atoms with Crippen molar-refractivity contribution in [1.29, 1.82) is 0 Å². The highest BCUT2D eigenvalue weighted by Crippen LogP contribution is 2.41. The maximum Gasteiger partial charge on any atom is 0.352 e. The lowest BCUT2D eigenvalue weighted by molar-refractivity contribution is -0.161. The van der Waals surface area contributed by atoms with Crippen molar-refractivity contribution >= 4 is 68.6 Å². The van der Waals surface area contributed by atoms with Crippen molar-refractivity contribution in [3.8, 4) is 11.5 Å². The molecule has 1 aromatic carbocycles. The smallest absolute Gasteiger partial charge is 0.352 e. The molecule has 3 aromatic rings. The standard InChI is InChI=1S/C32H38N8O10S2/c1-5-7-8-38(12-17-25(43)16-9-20(41)21(42)10-19(16)39(6-2)36-17)11-15-13-51-28-23(27(45)40(28)24(15)29(46)47)35-26(44)22(18-14-52-31(33)34-18)37-50-32(3,4)30(48)49/h9-10,14,23,28,41-42H,5-8,11-13H2,1-4H3,(H2,33,34)(H,35,44)(H,46,47)(H,48,49)/b37-22-. The third-order valence-corrected chi connectivity index (χ3v) is 10.4. The molecule has 4 heterocycles. The van der Waals surface area contributed by atoms with Crippen LogP contribution in [0.3, 0.4) is 0 Å². The van der Waals surface area contributed by atoms with E-state index in [2.05, 4.69) is 20.6 Å². The number of nitrogens with zero attached hydrogens (tertiary/aromatic N) is 6. The van der Waals surface area contributed by atoms with Gasteiger partial charge in [0.05, 0.1) is 10.9 Å². The Bertz CT molecular complexity index is 2060. The van der Waals surface area contributed by atoms with Crippen LogP contribution in [-0.4, -0.2) is 110 Å². The monoisotopic (exact) mass is 758 g/mol. The summed E-state index contributed by atoms with van der Waals surface area (Å²) in [4.78, 5) is 76.8. The van der Waals surface area contributed by atoms with Crippen molar-refractivity contribution < 1.29 is 44.4 Å². The van der Waals surface area contributed by atoms with E-state index >= 15 is 0 Å². The molecule has 52 heavy (non-hydrogen) atoms. The number of rotatable bonds is 15. The highest BCUT2D eigenvalue weighted by Gasteiger charge is 2.54. The van der Waals surface area contributed by atoms with Gasteiger partial charge in [-0.2, -0.15) is 5.10 Å². The van der Waals surface area contributed by atoms with Crippen LogP contribution >= 0.6 is 23.1 Å². The summed E-state index contributed by atoms with van der Waals surface area (Å²) in [6.07, 6.45) is 1.52. The largest absolute Gasteiger partial charge is 0.504 e. The van der Waals surface area contributed by atoms with E-state index < -0.39 is 57.7 Å². The van der Waals surface area contributed by atoms with E-state index in [1.54, 1.807) is 0 Å². The van der Waals surface area contributed by atoms with Gasteiger partial charge in [0.25, 0.3) is 11.8 Å². The Hall–Kier alpha value is -5.21. The Morgan fingerprint density at radius 2 is 1.87 bits per heavy atom. The van der Waals surface area contributed by atoms with E-state index in [0.717, 1.165) is 22.7 Å². The summed E-state index contributed by atoms with van der Waals surface area (Å²) in [6, 6.07) is 1.32. The summed E-state index contributed by atoms with van der Waals surface area (Å²) in [7, 11) is 0. The van der Waals surface area contributed by atoms with Crippen molar-refractivity contribution in [2.24, 2.45) is 5.16 Å². The Morgan fingerprint density at radius 3 is 2.48 bits per heavy atom. The summed E-state index contributed by atoms with van der Waals surface area (Å²) in [5, 5.41) is 51.6. The van der Waals surface area contributed by atoms with Gasteiger partial charge in [-0.25, -0.2) is 14.6 Å². The highest BCUT2D eigenvalue weighted by molar-refractivity contribution is 8.00. The third kappa shape index (κ3) is 7.53. The van der Waals surface area contributed by atoms with E-state index in [9.17, 15) is 44.4 Å². The Kier molecular flexibility index (Phi) is 11.1. The molecule has 0 radical (unpaired) electrons. The van der Waals surface area contributed by atoms with Crippen molar-refractivity contribution in [2.45, 2.75) is 70.6 Å². The Morgan fingerprint density at radius 1 is 1.15 bits per heavy atom. The number of aliphatic carboxylic acids is 2. The van der Waals surface area contributed by atoms with Crippen LogP contribution in [0, 0.1) is 0 Å². The number of nitrogen functional groups attached to an aromatic ring is 1. The maximum atomic E-state index is 13.5. The summed E-state index contributed by atoms with van der Waals surface area (Å²) >= 11 is 2.24. The number of phenols is 2. The zero-order valence-corrected chi connectivity index (χ0v) is 30.3. The van der Waals surface area contributed by atoms with Gasteiger partial charge >= 0.3 is 11.9 Å². The third-order valence-electron chi connectivity index (χ3n) is 8.43. The number of aromatic hydroxyl groups is 2. The van der Waals surface area contributed by atoms with Crippen LogP contribution in [0.25, 0.3) is 10.9 Å². The molecule has 0 aliphatic carbocycles. The number of carbonyl (C=O) groups is 4. The van der Waals surface area contributed by atoms with Gasteiger partial charge < -0.3 is 36.3 Å². The first-order chi connectivity index (χ1) is 24.6. The molecule has 18 nitrogen and oxygen atoms in total. The maximum absolute atomic E-state index is 13.5. The number of hydrogen-bond acceptors (Lipinski definition) is 15. The molecule has 1 fully saturated rings. The second-order valence-corrected chi connectivity index (χ2v) is 14.5. The summed E-state index contributed by atoms with van der Waals surface area (Å²) in [6.45, 7) is 7.23. The number of amides is 2. The number of β-lactam (4-membered cyclic amide) rings is 1. The first kappa shape index (κ1) is 38.0. The molecule has 7 N–H and O–H groups in total. The molecule has 2 aliphatic rings. The van der Waals surface area contributed by atoms with E-state index in [1.165, 1.54) is 47.8 Å². The Balaban J connectivity index is 1.39. The van der Waals surface area contributed by atoms with Crippen LogP contribution in [0.4, 0.5) is 5.13 Å². The number of thioether (sulfide) groups is 1. The molecular formula is C32H38N8O10S2. The van der Waals surface area contributed by atoms with E-state index in [-0.39, 0.29) is 52.2 Å². The number of phenolic OH excluding ortho intramolecular Hbond substituents is 2. The zero-order valence-electron chi connectivity index (χ0n) is 28.7. The predicted octanol–water partition coefficient (Wildman–Crippen LogP) is 1.49. The number of benzene rings is 1. The van der Waals surface area contributed by atoms with E-state index in [0.29, 0.717) is 30.6 Å². The zero-order chi connectivity index (χ0) is 38.1. The second kappa shape index (κ2) is 15.2. The van der Waals surface area contributed by atoms with Crippen LogP contribution in [0.2, 0.25) is 0 Å². The quantitative estimate of drug-likeness (QED) is 0.0555. The summed E-state index contributed by atoms with van der Waals surface area (Å²) in [5.74, 6) is -4.93. The van der Waals surface area contributed by atoms with Gasteiger partial charge in [-0.15, -0.1) is 23.1 Å². The molecule has 20 heteroatoms. The van der Waals surface area contributed by atoms with Crippen molar-refractivity contribution in [1.82, 2.24) is 29.9 Å². The topological polar surface area (TPSA) is 263 Å². The molecule has 1 saturated heterocycles. The van der Waals surface area contributed by atoms with Crippen molar-refractivity contribution in [3.05, 3.63) is 50.4 Å². The fourth-order valence-corrected chi connectivity index (χ4v) is 7.48. The molecular weight excluding hydrogens is 721 g/mol. The summed E-state index contributed by atoms with van der Waals surface area (Å²) < 4.78 is 1.54. The molecule has 278 valence electrons. The molecule has 2 aliphatic heterocycles. The first-order valence-electron chi connectivity index (χ1n) is 16.2. The highest BCUT2D eigenvalue weighted by atomic mass is 32.2. The number of anilines is 1. The molecule has 2 aromatic heterocycles. The first-order valence-corrected chi connectivity index (χ1v) is 18.1. The van der Waals surface area contributed by atoms with E-state index in [4.69, 9.17) is 10.6 Å². The van der Waals surface area contributed by atoms with Crippen molar-refractivity contribution in [3.63, 3.8) is 0 Å².